The standard InChI is InChI=1S/C21H22N4O3/c1-13-5-6-15(9-14(13)2)18-11-19(24-23-18)21(26)25-22-12-16-10-17(27-3)7-8-20(16)28-4/h5-12H,1-4H3,(H,23,24)(H,25,26)/b22-12-. The van der Waals surface area contributed by atoms with E-state index in [2.05, 4.69) is 27.6 Å². The zero-order valence-corrected chi connectivity index (χ0v) is 16.2. The van der Waals surface area contributed by atoms with Crippen LogP contribution in [-0.2, 0) is 0 Å². The van der Waals surface area contributed by atoms with Crippen LogP contribution in [0.4, 0.5) is 0 Å². The van der Waals surface area contributed by atoms with E-state index in [0.29, 0.717) is 28.5 Å². The normalized spacial score (nSPS) is 10.9. The highest BCUT2D eigenvalue weighted by Gasteiger charge is 2.11. The van der Waals surface area contributed by atoms with Gasteiger partial charge in [0.25, 0.3) is 5.91 Å². The van der Waals surface area contributed by atoms with Gasteiger partial charge in [-0.3, -0.25) is 9.89 Å². The monoisotopic (exact) mass is 378 g/mol. The fourth-order valence-electron chi connectivity index (χ4n) is 2.65. The van der Waals surface area contributed by atoms with Gasteiger partial charge in [-0.05, 0) is 55.3 Å². The molecule has 0 saturated heterocycles. The van der Waals surface area contributed by atoms with Gasteiger partial charge in [0.2, 0.25) is 0 Å². The average Bonchev–Trinajstić information content (AvgIpc) is 3.20. The maximum atomic E-state index is 12.3. The van der Waals surface area contributed by atoms with Crippen LogP contribution in [0.3, 0.4) is 0 Å². The molecule has 0 unspecified atom stereocenters. The molecule has 144 valence electrons. The molecular formula is C21H22N4O3. The van der Waals surface area contributed by atoms with Crippen LogP contribution in [-0.4, -0.2) is 36.5 Å². The number of methoxy groups -OCH3 is 2. The second-order valence-electron chi connectivity index (χ2n) is 6.27. The summed E-state index contributed by atoms with van der Waals surface area (Å²) >= 11 is 0. The number of aromatic nitrogens is 2. The zero-order valence-electron chi connectivity index (χ0n) is 16.2. The summed E-state index contributed by atoms with van der Waals surface area (Å²) in [6.45, 7) is 4.10. The van der Waals surface area contributed by atoms with E-state index in [9.17, 15) is 4.79 Å². The Labute approximate surface area is 163 Å². The maximum Gasteiger partial charge on any atom is 0.289 e. The molecule has 7 heteroatoms. The molecular weight excluding hydrogens is 356 g/mol. The fourth-order valence-corrected chi connectivity index (χ4v) is 2.65. The van der Waals surface area contributed by atoms with Crippen molar-refractivity contribution in [1.82, 2.24) is 15.6 Å². The van der Waals surface area contributed by atoms with Gasteiger partial charge in [0.15, 0.2) is 0 Å². The fraction of sp³-hybridized carbons (Fsp3) is 0.190. The summed E-state index contributed by atoms with van der Waals surface area (Å²) in [4.78, 5) is 12.3. The molecule has 0 aliphatic rings. The Bertz CT molecular complexity index is 1020. The van der Waals surface area contributed by atoms with Gasteiger partial charge in [0.1, 0.15) is 17.2 Å². The van der Waals surface area contributed by atoms with Gasteiger partial charge in [0, 0.05) is 11.1 Å². The van der Waals surface area contributed by atoms with E-state index < -0.39 is 0 Å². The highest BCUT2D eigenvalue weighted by Crippen LogP contribution is 2.22. The van der Waals surface area contributed by atoms with Crippen LogP contribution in [0.2, 0.25) is 0 Å². The SMILES string of the molecule is COc1ccc(OC)c(/C=N\NC(=O)c2cc(-c3ccc(C)c(C)c3)n[nH]2)c1. The number of hydrogen-bond donors (Lipinski definition) is 2. The smallest absolute Gasteiger partial charge is 0.289 e. The minimum Gasteiger partial charge on any atom is -0.497 e. The molecule has 0 saturated carbocycles. The predicted octanol–water partition coefficient (Wildman–Crippen LogP) is 3.47. The molecule has 0 radical (unpaired) electrons. The molecule has 2 N–H and O–H groups in total. The summed E-state index contributed by atoms with van der Waals surface area (Å²) in [6.07, 6.45) is 1.50. The summed E-state index contributed by atoms with van der Waals surface area (Å²) in [7, 11) is 3.15. The highest BCUT2D eigenvalue weighted by molar-refractivity contribution is 5.94. The number of amides is 1. The van der Waals surface area contributed by atoms with Gasteiger partial charge in [-0.25, -0.2) is 5.43 Å². The van der Waals surface area contributed by atoms with E-state index >= 15 is 0 Å². The summed E-state index contributed by atoms with van der Waals surface area (Å²) in [5.74, 6) is 0.901. The third-order valence-electron chi connectivity index (χ3n) is 4.43. The van der Waals surface area contributed by atoms with Crippen LogP contribution >= 0.6 is 0 Å². The lowest BCUT2D eigenvalue weighted by Crippen LogP contribution is -2.18. The lowest BCUT2D eigenvalue weighted by molar-refractivity contribution is 0.0950. The summed E-state index contributed by atoms with van der Waals surface area (Å²) in [5.41, 5.74) is 7.52. The molecule has 28 heavy (non-hydrogen) atoms. The minimum atomic E-state index is -0.388. The Morgan fingerprint density at radius 3 is 2.61 bits per heavy atom. The van der Waals surface area contributed by atoms with Crippen molar-refractivity contribution in [2.45, 2.75) is 13.8 Å². The maximum absolute atomic E-state index is 12.3. The third kappa shape index (κ3) is 4.20. The Morgan fingerprint density at radius 2 is 1.89 bits per heavy atom. The molecule has 0 aliphatic carbocycles. The quantitative estimate of drug-likeness (QED) is 0.508. The first kappa shape index (κ1) is 19.2. The topological polar surface area (TPSA) is 88.6 Å². The number of carbonyl (C=O) groups excluding carboxylic acids is 1. The predicted molar refractivity (Wildman–Crippen MR) is 108 cm³/mol. The first-order valence-corrected chi connectivity index (χ1v) is 8.70. The number of aromatic amines is 1. The van der Waals surface area contributed by atoms with Gasteiger partial charge >= 0.3 is 0 Å². The van der Waals surface area contributed by atoms with E-state index in [1.807, 2.05) is 25.1 Å². The molecule has 3 aromatic rings. The van der Waals surface area contributed by atoms with Crippen molar-refractivity contribution in [3.63, 3.8) is 0 Å². The highest BCUT2D eigenvalue weighted by atomic mass is 16.5. The van der Waals surface area contributed by atoms with Gasteiger partial charge in [-0.2, -0.15) is 10.2 Å². The number of hydrazone groups is 1. The van der Waals surface area contributed by atoms with Gasteiger partial charge in [0.05, 0.1) is 26.1 Å². The van der Waals surface area contributed by atoms with Gasteiger partial charge in [-0.1, -0.05) is 12.1 Å². The van der Waals surface area contributed by atoms with Crippen molar-refractivity contribution in [2.75, 3.05) is 14.2 Å². The number of rotatable bonds is 6. The van der Waals surface area contributed by atoms with E-state index in [4.69, 9.17) is 9.47 Å². The molecule has 3 rings (SSSR count). The van der Waals surface area contributed by atoms with Crippen LogP contribution in [0.1, 0.15) is 27.2 Å². The number of H-pyrrole nitrogens is 1. The molecule has 1 aromatic heterocycles. The number of hydrogen-bond acceptors (Lipinski definition) is 5. The second-order valence-corrected chi connectivity index (χ2v) is 6.27. The number of carbonyl (C=O) groups is 1. The second kappa shape index (κ2) is 8.39. The molecule has 7 nitrogen and oxygen atoms in total. The molecule has 1 amide bonds. The summed E-state index contributed by atoms with van der Waals surface area (Å²) < 4.78 is 10.5. The number of benzene rings is 2. The molecule has 2 aromatic carbocycles. The van der Waals surface area contributed by atoms with Crippen LogP contribution < -0.4 is 14.9 Å². The Hall–Kier alpha value is -3.61. The minimum absolute atomic E-state index is 0.322. The summed E-state index contributed by atoms with van der Waals surface area (Å²) in [6, 6.07) is 13.1. The summed E-state index contributed by atoms with van der Waals surface area (Å²) in [5, 5.41) is 11.0. The van der Waals surface area contributed by atoms with E-state index in [1.165, 1.54) is 17.3 Å². The van der Waals surface area contributed by atoms with Crippen molar-refractivity contribution < 1.29 is 14.3 Å². The van der Waals surface area contributed by atoms with Crippen molar-refractivity contribution in [3.05, 3.63) is 64.8 Å². The van der Waals surface area contributed by atoms with Crippen molar-refractivity contribution in [3.8, 4) is 22.8 Å². The number of nitrogens with one attached hydrogen (secondary N) is 2. The number of aryl methyl sites for hydroxylation is 2. The molecule has 0 spiro atoms. The van der Waals surface area contributed by atoms with E-state index in [1.54, 1.807) is 38.5 Å². The van der Waals surface area contributed by atoms with Crippen molar-refractivity contribution in [2.24, 2.45) is 5.10 Å². The molecule has 0 atom stereocenters. The Morgan fingerprint density at radius 1 is 1.07 bits per heavy atom. The third-order valence-corrected chi connectivity index (χ3v) is 4.43. The van der Waals surface area contributed by atoms with Gasteiger partial charge < -0.3 is 9.47 Å². The van der Waals surface area contributed by atoms with Crippen LogP contribution in [0.15, 0.2) is 47.6 Å². The average molecular weight is 378 g/mol. The van der Waals surface area contributed by atoms with Crippen molar-refractivity contribution >= 4 is 12.1 Å². The Kier molecular flexibility index (Phi) is 5.74. The molecule has 1 heterocycles. The van der Waals surface area contributed by atoms with Crippen LogP contribution in [0.5, 0.6) is 11.5 Å². The molecule has 0 bridgehead atoms. The molecule has 0 aliphatic heterocycles. The number of nitrogens with zero attached hydrogens (tertiary/aromatic N) is 2. The molecule has 0 fully saturated rings. The Balaban J connectivity index is 1.71. The van der Waals surface area contributed by atoms with Gasteiger partial charge in [-0.15, -0.1) is 0 Å². The lowest BCUT2D eigenvalue weighted by atomic mass is 10.0. The zero-order chi connectivity index (χ0) is 20.1. The first-order valence-electron chi connectivity index (χ1n) is 8.70. The first-order chi connectivity index (χ1) is 13.5. The lowest BCUT2D eigenvalue weighted by Gasteiger charge is -2.06. The number of ether oxygens (including phenoxy) is 2. The van der Waals surface area contributed by atoms with E-state index in [-0.39, 0.29) is 5.91 Å². The van der Waals surface area contributed by atoms with Crippen LogP contribution in [0.25, 0.3) is 11.3 Å². The van der Waals surface area contributed by atoms with Crippen LogP contribution in [0, 0.1) is 13.8 Å². The van der Waals surface area contributed by atoms with E-state index in [0.717, 1.165) is 5.56 Å². The largest absolute Gasteiger partial charge is 0.497 e. The van der Waals surface area contributed by atoms with Crippen molar-refractivity contribution in [1.29, 1.82) is 0 Å².